The van der Waals surface area contributed by atoms with E-state index in [0.717, 1.165) is 0 Å². The summed E-state index contributed by atoms with van der Waals surface area (Å²) in [6.07, 6.45) is -2.00. The lowest BCUT2D eigenvalue weighted by atomic mass is 9.77. The van der Waals surface area contributed by atoms with E-state index in [4.69, 9.17) is 9.47 Å². The molecule has 1 fully saturated rings. The molecule has 2 rings (SSSR count). The van der Waals surface area contributed by atoms with Gasteiger partial charge in [-0.25, -0.2) is 18.0 Å². The molecule has 0 aromatic heterocycles. The molecule has 1 aliphatic heterocycles. The van der Waals surface area contributed by atoms with Gasteiger partial charge in [0.2, 0.25) is 0 Å². The first kappa shape index (κ1) is 24.9. The Balaban J connectivity index is 2.32. The zero-order valence-corrected chi connectivity index (χ0v) is 18.1. The van der Waals surface area contributed by atoms with Crippen LogP contribution in [0, 0.1) is 22.9 Å². The summed E-state index contributed by atoms with van der Waals surface area (Å²) < 4.78 is 51.5. The minimum Gasteiger partial charge on any atom is -0.448 e. The molecular formula is C22H28F3NO5. The number of allylic oxidation sites excluding steroid dienone is 1. The van der Waals surface area contributed by atoms with Crippen LogP contribution in [-0.2, 0) is 25.5 Å². The van der Waals surface area contributed by atoms with Crippen molar-refractivity contribution in [2.45, 2.75) is 46.3 Å². The second-order valence-corrected chi connectivity index (χ2v) is 8.38. The van der Waals surface area contributed by atoms with E-state index < -0.39 is 53.4 Å². The fourth-order valence-electron chi connectivity index (χ4n) is 3.22. The lowest BCUT2D eigenvalue weighted by molar-refractivity contribution is -0.172. The molecule has 9 heteroatoms. The molecule has 0 spiro atoms. The summed E-state index contributed by atoms with van der Waals surface area (Å²) in [5, 5.41) is 10.8. The number of benzene rings is 1. The largest absolute Gasteiger partial charge is 0.448 e. The summed E-state index contributed by atoms with van der Waals surface area (Å²) >= 11 is 0. The van der Waals surface area contributed by atoms with Crippen molar-refractivity contribution >= 4 is 11.9 Å². The highest BCUT2D eigenvalue weighted by Crippen LogP contribution is 2.33. The number of aliphatic hydroxyl groups is 1. The van der Waals surface area contributed by atoms with Gasteiger partial charge in [0.15, 0.2) is 17.7 Å². The second-order valence-electron chi connectivity index (χ2n) is 8.38. The van der Waals surface area contributed by atoms with Gasteiger partial charge in [0.1, 0.15) is 5.82 Å². The number of ether oxygens (including phenoxy) is 2. The van der Waals surface area contributed by atoms with E-state index in [-0.39, 0.29) is 5.56 Å². The highest BCUT2D eigenvalue weighted by molar-refractivity contribution is 5.88. The minimum atomic E-state index is -1.42. The van der Waals surface area contributed by atoms with Crippen LogP contribution in [0.4, 0.5) is 13.2 Å². The zero-order valence-electron chi connectivity index (χ0n) is 18.1. The number of aliphatic hydroxyl groups excluding tert-OH is 1. The molecule has 1 amide bonds. The fourth-order valence-corrected chi connectivity index (χ4v) is 3.22. The van der Waals surface area contributed by atoms with Crippen LogP contribution in [0.2, 0.25) is 0 Å². The van der Waals surface area contributed by atoms with E-state index in [9.17, 15) is 27.9 Å². The van der Waals surface area contributed by atoms with Crippen LogP contribution in [0.5, 0.6) is 0 Å². The Labute approximate surface area is 179 Å². The Hall–Kier alpha value is -2.39. The van der Waals surface area contributed by atoms with Crippen molar-refractivity contribution in [3.8, 4) is 0 Å². The van der Waals surface area contributed by atoms with Crippen molar-refractivity contribution < 1.29 is 37.3 Å². The molecule has 1 aromatic rings. The van der Waals surface area contributed by atoms with E-state index in [1.165, 1.54) is 24.8 Å². The third-order valence-corrected chi connectivity index (χ3v) is 5.22. The fraction of sp³-hybridized carbons (Fsp3) is 0.545. The molecule has 1 heterocycles. The maximum atomic E-state index is 14.1. The van der Waals surface area contributed by atoms with Crippen molar-refractivity contribution in [1.82, 2.24) is 4.90 Å². The SMILES string of the molecule is CC(C)=CC(=O)OC(C(=O)N1CCOCC1)C(C)(C)C(O)Cc1cc(F)c(F)cc1F. The van der Waals surface area contributed by atoms with E-state index in [1.54, 1.807) is 13.8 Å². The standard InChI is InChI=1S/C22H28F3NO5/c1-13(2)9-19(28)31-20(21(29)26-5-7-30-8-6-26)22(3,4)18(27)11-14-10-16(24)17(25)12-15(14)23/h9-10,12,18,20,27H,5-8,11H2,1-4H3. The van der Waals surface area contributed by atoms with Crippen LogP contribution >= 0.6 is 0 Å². The molecule has 2 unspecified atom stereocenters. The molecular weight excluding hydrogens is 415 g/mol. The average Bonchev–Trinajstić information content (AvgIpc) is 2.69. The Morgan fingerprint density at radius 3 is 2.32 bits per heavy atom. The molecule has 0 aliphatic carbocycles. The molecule has 1 aliphatic rings. The van der Waals surface area contributed by atoms with E-state index in [1.807, 2.05) is 0 Å². The van der Waals surface area contributed by atoms with Gasteiger partial charge in [0, 0.05) is 37.1 Å². The van der Waals surface area contributed by atoms with E-state index in [2.05, 4.69) is 0 Å². The first-order valence-electron chi connectivity index (χ1n) is 9.97. The summed E-state index contributed by atoms with van der Waals surface area (Å²) in [7, 11) is 0. The molecule has 31 heavy (non-hydrogen) atoms. The first-order chi connectivity index (χ1) is 14.4. The summed E-state index contributed by atoms with van der Waals surface area (Å²) in [5.74, 6) is -4.89. The summed E-state index contributed by atoms with van der Waals surface area (Å²) in [5.41, 5.74) is -0.977. The number of carbonyl (C=O) groups is 2. The predicted octanol–water partition coefficient (Wildman–Crippen LogP) is 2.77. The van der Waals surface area contributed by atoms with Gasteiger partial charge in [-0.2, -0.15) is 0 Å². The Morgan fingerprint density at radius 1 is 1.16 bits per heavy atom. The van der Waals surface area contributed by atoms with E-state index in [0.29, 0.717) is 44.0 Å². The number of amides is 1. The van der Waals surface area contributed by atoms with Gasteiger partial charge in [-0.1, -0.05) is 19.4 Å². The van der Waals surface area contributed by atoms with Crippen LogP contribution in [-0.4, -0.2) is 60.4 Å². The highest BCUT2D eigenvalue weighted by Gasteiger charge is 2.45. The second kappa shape index (κ2) is 10.3. The third-order valence-electron chi connectivity index (χ3n) is 5.22. The Kier molecular flexibility index (Phi) is 8.25. The van der Waals surface area contributed by atoms with Crippen molar-refractivity contribution in [2.24, 2.45) is 5.41 Å². The minimum absolute atomic E-state index is 0.257. The van der Waals surface area contributed by atoms with Gasteiger partial charge in [0.25, 0.3) is 5.91 Å². The van der Waals surface area contributed by atoms with Crippen molar-refractivity contribution in [3.63, 3.8) is 0 Å². The third kappa shape index (κ3) is 6.30. The molecule has 1 aromatic carbocycles. The molecule has 1 saturated heterocycles. The van der Waals surface area contributed by atoms with Gasteiger partial charge in [0.05, 0.1) is 19.3 Å². The smallest absolute Gasteiger partial charge is 0.331 e. The topological polar surface area (TPSA) is 76.1 Å². The zero-order chi connectivity index (χ0) is 23.3. The number of nitrogens with zero attached hydrogens (tertiary/aromatic N) is 1. The normalized spacial score (nSPS) is 16.5. The molecule has 6 nitrogen and oxygen atoms in total. The lowest BCUT2D eigenvalue weighted by Gasteiger charge is -2.39. The lowest BCUT2D eigenvalue weighted by Crippen LogP contribution is -2.55. The summed E-state index contributed by atoms with van der Waals surface area (Å²) in [6.45, 7) is 7.59. The maximum absolute atomic E-state index is 14.1. The number of esters is 1. The highest BCUT2D eigenvalue weighted by atomic mass is 19.2. The van der Waals surface area contributed by atoms with Crippen LogP contribution in [0.25, 0.3) is 0 Å². The van der Waals surface area contributed by atoms with Crippen LogP contribution in [0.1, 0.15) is 33.3 Å². The molecule has 1 N–H and O–H groups in total. The summed E-state index contributed by atoms with van der Waals surface area (Å²) in [4.78, 5) is 26.9. The number of morpholine rings is 1. The number of rotatable bonds is 7. The Bertz CT molecular complexity index is 846. The van der Waals surface area contributed by atoms with Crippen molar-refractivity contribution in [2.75, 3.05) is 26.3 Å². The number of hydrogen-bond donors (Lipinski definition) is 1. The van der Waals surface area contributed by atoms with Gasteiger partial charge in [-0.05, 0) is 25.5 Å². The molecule has 0 bridgehead atoms. The monoisotopic (exact) mass is 443 g/mol. The summed E-state index contributed by atoms with van der Waals surface area (Å²) in [6, 6.07) is 1.06. The van der Waals surface area contributed by atoms with Gasteiger partial charge < -0.3 is 19.5 Å². The average molecular weight is 443 g/mol. The Morgan fingerprint density at radius 2 is 1.74 bits per heavy atom. The molecule has 2 atom stereocenters. The number of hydrogen-bond acceptors (Lipinski definition) is 5. The van der Waals surface area contributed by atoms with Crippen LogP contribution < -0.4 is 0 Å². The van der Waals surface area contributed by atoms with Crippen LogP contribution in [0.3, 0.4) is 0 Å². The molecule has 0 radical (unpaired) electrons. The molecule has 0 saturated carbocycles. The number of halogens is 3. The predicted molar refractivity (Wildman–Crippen MR) is 107 cm³/mol. The molecule has 172 valence electrons. The van der Waals surface area contributed by atoms with Gasteiger partial charge in [-0.15, -0.1) is 0 Å². The maximum Gasteiger partial charge on any atom is 0.331 e. The quantitative estimate of drug-likeness (QED) is 0.399. The van der Waals surface area contributed by atoms with Crippen LogP contribution in [0.15, 0.2) is 23.8 Å². The number of carbonyl (C=O) groups excluding carboxylic acids is 2. The van der Waals surface area contributed by atoms with Crippen molar-refractivity contribution in [1.29, 1.82) is 0 Å². The van der Waals surface area contributed by atoms with Gasteiger partial charge >= 0.3 is 5.97 Å². The van der Waals surface area contributed by atoms with E-state index >= 15 is 0 Å². The van der Waals surface area contributed by atoms with Crippen molar-refractivity contribution in [3.05, 3.63) is 46.8 Å². The van der Waals surface area contributed by atoms with Gasteiger partial charge in [-0.3, -0.25) is 4.79 Å². The first-order valence-corrected chi connectivity index (χ1v) is 9.97.